The molecule has 0 aliphatic rings. The molecule has 0 bridgehead atoms. The second-order valence-electron chi connectivity index (χ2n) is 4.43. The Morgan fingerprint density at radius 1 is 1.10 bits per heavy atom. The van der Waals surface area contributed by atoms with E-state index in [0.29, 0.717) is 17.7 Å². The molecule has 4 nitrogen and oxygen atoms in total. The van der Waals surface area contributed by atoms with Gasteiger partial charge < -0.3 is 5.32 Å². The van der Waals surface area contributed by atoms with E-state index in [0.717, 1.165) is 0 Å². The van der Waals surface area contributed by atoms with Gasteiger partial charge in [-0.05, 0) is 6.92 Å². The van der Waals surface area contributed by atoms with Crippen molar-refractivity contribution in [2.24, 2.45) is 0 Å². The highest BCUT2D eigenvalue weighted by Gasteiger charge is 2.19. The SMILES string of the molecule is CC(Nc1cc(F)c(F)cc1F)c1ccccc1[N+](=O)[O-]. The number of benzene rings is 2. The monoisotopic (exact) mass is 296 g/mol. The Labute approximate surface area is 118 Å². The standard InChI is InChI=1S/C14H11F3N2O2/c1-8(9-4-2-3-5-14(9)19(20)21)18-13-7-11(16)10(15)6-12(13)17/h2-8,18H,1H3. The molecule has 0 amide bonds. The third-order valence-corrected chi connectivity index (χ3v) is 2.98. The van der Waals surface area contributed by atoms with Crippen molar-refractivity contribution in [3.63, 3.8) is 0 Å². The second-order valence-corrected chi connectivity index (χ2v) is 4.43. The van der Waals surface area contributed by atoms with Gasteiger partial charge in [0.1, 0.15) is 5.82 Å². The number of nitro groups is 1. The third-order valence-electron chi connectivity index (χ3n) is 2.98. The molecular formula is C14H11F3N2O2. The molecule has 110 valence electrons. The largest absolute Gasteiger partial charge is 0.376 e. The molecule has 0 radical (unpaired) electrons. The molecular weight excluding hydrogens is 285 g/mol. The lowest BCUT2D eigenvalue weighted by Crippen LogP contribution is -2.10. The topological polar surface area (TPSA) is 55.2 Å². The van der Waals surface area contributed by atoms with Crippen LogP contribution in [0.15, 0.2) is 36.4 Å². The van der Waals surface area contributed by atoms with Crippen LogP contribution < -0.4 is 5.32 Å². The van der Waals surface area contributed by atoms with E-state index in [-0.39, 0.29) is 11.4 Å². The highest BCUT2D eigenvalue weighted by Crippen LogP contribution is 2.29. The molecule has 0 heterocycles. The first kappa shape index (κ1) is 14.8. The van der Waals surface area contributed by atoms with Crippen molar-refractivity contribution in [2.75, 3.05) is 5.32 Å². The van der Waals surface area contributed by atoms with E-state index in [9.17, 15) is 23.3 Å². The van der Waals surface area contributed by atoms with E-state index in [1.807, 2.05) is 0 Å². The molecule has 0 fully saturated rings. The highest BCUT2D eigenvalue weighted by molar-refractivity contribution is 5.50. The van der Waals surface area contributed by atoms with Crippen molar-refractivity contribution < 1.29 is 18.1 Å². The molecule has 2 aromatic rings. The number of nitrogens with zero attached hydrogens (tertiary/aromatic N) is 1. The molecule has 0 saturated carbocycles. The second kappa shape index (κ2) is 5.82. The van der Waals surface area contributed by atoms with Crippen LogP contribution in [-0.4, -0.2) is 4.92 Å². The van der Waals surface area contributed by atoms with Gasteiger partial charge in [0.25, 0.3) is 5.69 Å². The number of nitrogens with one attached hydrogen (secondary N) is 1. The summed E-state index contributed by atoms with van der Waals surface area (Å²) in [5, 5.41) is 13.5. The Bertz CT molecular complexity index is 692. The van der Waals surface area contributed by atoms with Crippen molar-refractivity contribution in [3.8, 4) is 0 Å². The van der Waals surface area contributed by atoms with E-state index < -0.39 is 28.4 Å². The summed E-state index contributed by atoms with van der Waals surface area (Å²) in [6, 6.07) is 6.36. The lowest BCUT2D eigenvalue weighted by molar-refractivity contribution is -0.385. The summed E-state index contributed by atoms with van der Waals surface area (Å²) >= 11 is 0. The molecule has 1 atom stereocenters. The van der Waals surface area contributed by atoms with Crippen LogP contribution in [0.25, 0.3) is 0 Å². The van der Waals surface area contributed by atoms with Crippen molar-refractivity contribution >= 4 is 11.4 Å². The van der Waals surface area contributed by atoms with Gasteiger partial charge >= 0.3 is 0 Å². The first-order chi connectivity index (χ1) is 9.90. The Balaban J connectivity index is 2.33. The third kappa shape index (κ3) is 3.13. The molecule has 2 aromatic carbocycles. The molecule has 7 heteroatoms. The van der Waals surface area contributed by atoms with Crippen molar-refractivity contribution in [2.45, 2.75) is 13.0 Å². The molecule has 1 unspecified atom stereocenters. The maximum Gasteiger partial charge on any atom is 0.274 e. The number of halogens is 3. The number of hydrogen-bond acceptors (Lipinski definition) is 3. The summed E-state index contributed by atoms with van der Waals surface area (Å²) in [6.45, 7) is 1.56. The number of hydrogen-bond donors (Lipinski definition) is 1. The zero-order chi connectivity index (χ0) is 15.6. The Morgan fingerprint density at radius 3 is 2.38 bits per heavy atom. The van der Waals surface area contributed by atoms with Crippen LogP contribution in [0.1, 0.15) is 18.5 Å². The van der Waals surface area contributed by atoms with Crippen LogP contribution >= 0.6 is 0 Å². The van der Waals surface area contributed by atoms with Gasteiger partial charge in [-0.3, -0.25) is 10.1 Å². The molecule has 21 heavy (non-hydrogen) atoms. The van der Waals surface area contributed by atoms with Crippen LogP contribution in [0, 0.1) is 27.6 Å². The molecule has 0 spiro atoms. The maximum absolute atomic E-state index is 13.6. The molecule has 0 aliphatic heterocycles. The Hall–Kier alpha value is -2.57. The highest BCUT2D eigenvalue weighted by atomic mass is 19.2. The summed E-state index contributed by atoms with van der Waals surface area (Å²) in [6.07, 6.45) is 0. The predicted molar refractivity (Wildman–Crippen MR) is 71.5 cm³/mol. The number of rotatable bonds is 4. The van der Waals surface area contributed by atoms with Crippen LogP contribution in [0.3, 0.4) is 0 Å². The van der Waals surface area contributed by atoms with E-state index >= 15 is 0 Å². The van der Waals surface area contributed by atoms with Gasteiger partial charge in [-0.1, -0.05) is 18.2 Å². The molecule has 0 aliphatic carbocycles. The number of para-hydroxylation sites is 1. The normalized spacial score (nSPS) is 12.0. The average molecular weight is 296 g/mol. The van der Waals surface area contributed by atoms with Gasteiger partial charge in [0.15, 0.2) is 11.6 Å². The van der Waals surface area contributed by atoms with E-state index in [1.54, 1.807) is 13.0 Å². The minimum Gasteiger partial charge on any atom is -0.376 e. The Morgan fingerprint density at radius 2 is 1.71 bits per heavy atom. The van der Waals surface area contributed by atoms with Crippen LogP contribution in [-0.2, 0) is 0 Å². The van der Waals surface area contributed by atoms with Gasteiger partial charge in [0, 0.05) is 18.2 Å². The zero-order valence-electron chi connectivity index (χ0n) is 10.9. The molecule has 0 aromatic heterocycles. The minimum atomic E-state index is -1.30. The van der Waals surface area contributed by atoms with E-state index in [4.69, 9.17) is 0 Å². The van der Waals surface area contributed by atoms with Gasteiger partial charge in [0.2, 0.25) is 0 Å². The summed E-state index contributed by atoms with van der Waals surface area (Å²) in [7, 11) is 0. The van der Waals surface area contributed by atoms with Gasteiger partial charge in [-0.2, -0.15) is 0 Å². The lowest BCUT2D eigenvalue weighted by Gasteiger charge is -2.16. The summed E-state index contributed by atoms with van der Waals surface area (Å²) in [5.41, 5.74) is -0.0910. The zero-order valence-corrected chi connectivity index (χ0v) is 10.9. The van der Waals surface area contributed by atoms with Crippen molar-refractivity contribution in [1.29, 1.82) is 0 Å². The number of anilines is 1. The maximum atomic E-state index is 13.6. The van der Waals surface area contributed by atoms with Gasteiger partial charge in [-0.15, -0.1) is 0 Å². The molecule has 2 rings (SSSR count). The van der Waals surface area contributed by atoms with Crippen molar-refractivity contribution in [1.82, 2.24) is 0 Å². The van der Waals surface area contributed by atoms with Crippen LogP contribution in [0.4, 0.5) is 24.5 Å². The van der Waals surface area contributed by atoms with Crippen LogP contribution in [0.2, 0.25) is 0 Å². The smallest absolute Gasteiger partial charge is 0.274 e. The summed E-state index contributed by atoms with van der Waals surface area (Å²) in [4.78, 5) is 10.4. The van der Waals surface area contributed by atoms with Gasteiger partial charge in [0.05, 0.1) is 22.2 Å². The van der Waals surface area contributed by atoms with E-state index in [1.165, 1.54) is 18.2 Å². The van der Waals surface area contributed by atoms with E-state index in [2.05, 4.69) is 5.32 Å². The summed E-state index contributed by atoms with van der Waals surface area (Å²) in [5.74, 6) is -3.47. The van der Waals surface area contributed by atoms with Crippen molar-refractivity contribution in [3.05, 3.63) is 69.5 Å². The molecule has 0 saturated heterocycles. The lowest BCUT2D eigenvalue weighted by atomic mass is 10.1. The Kier molecular flexibility index (Phi) is 4.11. The first-order valence-electron chi connectivity index (χ1n) is 6.04. The summed E-state index contributed by atoms with van der Waals surface area (Å²) < 4.78 is 39.6. The predicted octanol–water partition coefficient (Wildman–Crippen LogP) is 4.19. The minimum absolute atomic E-state index is 0.138. The first-order valence-corrected chi connectivity index (χ1v) is 6.04. The number of nitro benzene ring substituents is 1. The fourth-order valence-electron chi connectivity index (χ4n) is 1.96. The van der Waals surface area contributed by atoms with Gasteiger partial charge in [-0.25, -0.2) is 13.2 Å². The quantitative estimate of drug-likeness (QED) is 0.523. The molecule has 1 N–H and O–H groups in total. The van der Waals surface area contributed by atoms with Crippen LogP contribution in [0.5, 0.6) is 0 Å². The fraction of sp³-hybridized carbons (Fsp3) is 0.143. The fourth-order valence-corrected chi connectivity index (χ4v) is 1.96. The average Bonchev–Trinajstić information content (AvgIpc) is 2.44.